The van der Waals surface area contributed by atoms with E-state index in [-0.39, 0.29) is 31.5 Å². The topological polar surface area (TPSA) is 94.5 Å². The van der Waals surface area contributed by atoms with Crippen LogP contribution >= 0.6 is 12.4 Å². The molecule has 250 valence electrons. The van der Waals surface area contributed by atoms with Crippen molar-refractivity contribution >= 4 is 24.4 Å². The maximum absolute atomic E-state index is 13.0. The zero-order valence-corrected chi connectivity index (χ0v) is 28.2. The molecule has 2 amide bonds. The molecule has 7 nitrogen and oxygen atoms in total. The number of likely N-dealkylation sites (tertiary alicyclic amines) is 1. The Morgan fingerprint density at radius 2 is 1.38 bits per heavy atom. The van der Waals surface area contributed by atoms with Gasteiger partial charge in [0.15, 0.2) is 0 Å². The Morgan fingerprint density at radius 3 is 1.96 bits per heavy atom. The van der Waals surface area contributed by atoms with Crippen LogP contribution in [0.1, 0.15) is 53.5 Å². The van der Waals surface area contributed by atoms with E-state index in [4.69, 9.17) is 10.00 Å². The Hall–Kier alpha value is -4.64. The minimum absolute atomic E-state index is 0. The Morgan fingerprint density at radius 1 is 0.792 bits per heavy atom. The van der Waals surface area contributed by atoms with Crippen LogP contribution in [0.25, 0.3) is 0 Å². The molecule has 0 unspecified atom stereocenters. The molecule has 2 N–H and O–H groups in total. The Labute approximate surface area is 290 Å². The average molecular weight is 665 g/mol. The third kappa shape index (κ3) is 10.4. The van der Waals surface area contributed by atoms with Gasteiger partial charge in [-0.05, 0) is 92.0 Å². The number of hydrogen-bond acceptors (Lipinski definition) is 5. The van der Waals surface area contributed by atoms with E-state index in [0.717, 1.165) is 55.6 Å². The number of hydrogen-bond donors (Lipinski definition) is 2. The SMILES string of the molecule is Cl.N#Cc1ccc(CC2CCN(CCCC(CNC(=O)CNC(=O)OCc3ccccc3)(c3ccccc3)c3ccccc3)CC2)cc1. The first-order chi connectivity index (χ1) is 23.0. The molecule has 1 aliphatic heterocycles. The lowest BCUT2D eigenvalue weighted by Crippen LogP contribution is -2.45. The molecule has 0 spiro atoms. The molecule has 0 bridgehead atoms. The van der Waals surface area contributed by atoms with Gasteiger partial charge >= 0.3 is 6.09 Å². The largest absolute Gasteiger partial charge is 0.445 e. The standard InChI is InChI=1S/C40H44N4O3.ClH/c41-28-34-19-17-32(18-20-34)27-33-21-25-44(26-22-33)24-10-23-40(36-13-6-2-7-14-36,37-15-8-3-9-16-37)31-43-38(45)29-42-39(46)47-30-35-11-4-1-5-12-35;/h1-9,11-20,33H,10,21-27,29-31H2,(H,42,46)(H,43,45);1H. The van der Waals surface area contributed by atoms with Crippen LogP contribution in [0.2, 0.25) is 0 Å². The maximum atomic E-state index is 13.0. The van der Waals surface area contributed by atoms with Crippen molar-refractivity contribution in [2.75, 3.05) is 32.7 Å². The normalized spacial score (nSPS) is 13.5. The highest BCUT2D eigenvalue weighted by molar-refractivity contribution is 5.85. The lowest BCUT2D eigenvalue weighted by atomic mass is 9.71. The van der Waals surface area contributed by atoms with Crippen LogP contribution in [0.15, 0.2) is 115 Å². The second kappa shape index (κ2) is 18.6. The second-order valence-corrected chi connectivity index (χ2v) is 12.4. The smallest absolute Gasteiger partial charge is 0.407 e. The summed E-state index contributed by atoms with van der Waals surface area (Å²) in [6.07, 6.45) is 4.60. The van der Waals surface area contributed by atoms with Gasteiger partial charge in [-0.3, -0.25) is 4.79 Å². The molecule has 1 fully saturated rings. The van der Waals surface area contributed by atoms with Crippen LogP contribution in [-0.4, -0.2) is 49.6 Å². The molecule has 0 aromatic heterocycles. The number of carbonyl (C=O) groups excluding carboxylic acids is 2. The average Bonchev–Trinajstić information content (AvgIpc) is 3.13. The van der Waals surface area contributed by atoms with Gasteiger partial charge in [-0.2, -0.15) is 5.26 Å². The van der Waals surface area contributed by atoms with Crippen molar-refractivity contribution in [1.82, 2.24) is 15.5 Å². The quantitative estimate of drug-likeness (QED) is 0.151. The van der Waals surface area contributed by atoms with Crippen LogP contribution in [0.5, 0.6) is 0 Å². The predicted molar refractivity (Wildman–Crippen MR) is 192 cm³/mol. The van der Waals surface area contributed by atoms with Crippen LogP contribution < -0.4 is 10.6 Å². The first-order valence-corrected chi connectivity index (χ1v) is 16.6. The summed E-state index contributed by atoms with van der Waals surface area (Å²) in [5.74, 6) is 0.397. The van der Waals surface area contributed by atoms with Crippen LogP contribution in [-0.2, 0) is 28.0 Å². The van der Waals surface area contributed by atoms with Crippen molar-refractivity contribution in [3.8, 4) is 6.07 Å². The Kier molecular flexibility index (Phi) is 14.1. The number of nitrogens with zero attached hydrogens (tertiary/aromatic N) is 2. The molecule has 48 heavy (non-hydrogen) atoms. The summed E-state index contributed by atoms with van der Waals surface area (Å²) in [5, 5.41) is 14.8. The van der Waals surface area contributed by atoms with E-state index in [2.05, 4.69) is 82.3 Å². The van der Waals surface area contributed by atoms with Crippen LogP contribution in [0.3, 0.4) is 0 Å². The van der Waals surface area contributed by atoms with Crippen molar-refractivity contribution in [2.45, 2.75) is 44.1 Å². The highest BCUT2D eigenvalue weighted by Gasteiger charge is 2.34. The van der Waals surface area contributed by atoms with E-state index in [1.54, 1.807) is 0 Å². The molecule has 0 atom stereocenters. The highest BCUT2D eigenvalue weighted by Crippen LogP contribution is 2.37. The Bertz CT molecular complexity index is 1550. The molecule has 8 heteroatoms. The molecule has 0 radical (unpaired) electrons. The molecular weight excluding hydrogens is 620 g/mol. The molecular formula is C40H45ClN4O3. The summed E-state index contributed by atoms with van der Waals surface area (Å²) in [6, 6.07) is 40.5. The minimum Gasteiger partial charge on any atom is -0.445 e. The number of benzene rings is 4. The van der Waals surface area contributed by atoms with Crippen molar-refractivity contribution < 1.29 is 14.3 Å². The van der Waals surface area contributed by atoms with E-state index >= 15 is 0 Å². The first kappa shape index (κ1) is 36.2. The van der Waals surface area contributed by atoms with E-state index in [1.807, 2.05) is 54.6 Å². The number of amides is 2. The number of halogens is 1. The summed E-state index contributed by atoms with van der Waals surface area (Å²) in [5.41, 5.74) is 4.78. The third-order valence-electron chi connectivity index (χ3n) is 9.24. The fourth-order valence-electron chi connectivity index (χ4n) is 6.57. The van der Waals surface area contributed by atoms with Gasteiger partial charge in [0.25, 0.3) is 0 Å². The molecule has 1 saturated heterocycles. The maximum Gasteiger partial charge on any atom is 0.407 e. The Balaban J connectivity index is 0.00000520. The lowest BCUT2D eigenvalue weighted by Gasteiger charge is -2.37. The van der Waals surface area contributed by atoms with Gasteiger partial charge in [-0.25, -0.2) is 4.79 Å². The molecule has 1 heterocycles. The summed E-state index contributed by atoms with van der Waals surface area (Å²) < 4.78 is 5.27. The van der Waals surface area contributed by atoms with Gasteiger partial charge in [0.1, 0.15) is 6.61 Å². The number of alkyl carbamates (subject to hydrolysis) is 1. The van der Waals surface area contributed by atoms with Gasteiger partial charge in [-0.1, -0.05) is 103 Å². The van der Waals surface area contributed by atoms with Gasteiger partial charge in [0, 0.05) is 12.0 Å². The number of carbonyl (C=O) groups is 2. The van der Waals surface area contributed by atoms with Gasteiger partial charge in [0.05, 0.1) is 18.2 Å². The second-order valence-electron chi connectivity index (χ2n) is 12.4. The summed E-state index contributed by atoms with van der Waals surface area (Å²) in [4.78, 5) is 27.9. The number of piperidine rings is 1. The van der Waals surface area contributed by atoms with Crippen LogP contribution in [0, 0.1) is 17.2 Å². The van der Waals surface area contributed by atoms with E-state index in [0.29, 0.717) is 18.0 Å². The van der Waals surface area contributed by atoms with Crippen molar-refractivity contribution in [3.63, 3.8) is 0 Å². The van der Waals surface area contributed by atoms with Gasteiger partial charge in [0.2, 0.25) is 5.91 Å². The minimum atomic E-state index is -0.623. The van der Waals surface area contributed by atoms with Crippen LogP contribution in [0.4, 0.5) is 4.79 Å². The molecule has 0 aliphatic carbocycles. The molecule has 0 saturated carbocycles. The number of nitrogens with one attached hydrogen (secondary N) is 2. The number of nitriles is 1. The molecule has 4 aromatic rings. The number of ether oxygens (including phenoxy) is 1. The van der Waals surface area contributed by atoms with E-state index < -0.39 is 11.5 Å². The number of rotatable bonds is 14. The lowest BCUT2D eigenvalue weighted by molar-refractivity contribution is -0.120. The molecule has 1 aliphatic rings. The molecule has 5 rings (SSSR count). The predicted octanol–water partition coefficient (Wildman–Crippen LogP) is 7.04. The van der Waals surface area contributed by atoms with Gasteiger partial charge < -0.3 is 20.3 Å². The van der Waals surface area contributed by atoms with Crippen molar-refractivity contribution in [1.29, 1.82) is 5.26 Å². The fraction of sp³-hybridized carbons (Fsp3) is 0.325. The zero-order chi connectivity index (χ0) is 32.7. The van der Waals surface area contributed by atoms with Crippen molar-refractivity contribution in [3.05, 3.63) is 143 Å². The van der Waals surface area contributed by atoms with Crippen molar-refractivity contribution in [2.24, 2.45) is 5.92 Å². The first-order valence-electron chi connectivity index (χ1n) is 16.6. The van der Waals surface area contributed by atoms with E-state index in [9.17, 15) is 9.59 Å². The summed E-state index contributed by atoms with van der Waals surface area (Å²) in [7, 11) is 0. The summed E-state index contributed by atoms with van der Waals surface area (Å²) >= 11 is 0. The van der Waals surface area contributed by atoms with Gasteiger partial charge in [-0.15, -0.1) is 12.4 Å². The highest BCUT2D eigenvalue weighted by atomic mass is 35.5. The monoisotopic (exact) mass is 664 g/mol. The molecule has 4 aromatic carbocycles. The fourth-order valence-corrected chi connectivity index (χ4v) is 6.57. The summed E-state index contributed by atoms with van der Waals surface area (Å²) in [6.45, 7) is 3.54. The third-order valence-corrected chi connectivity index (χ3v) is 9.24. The zero-order valence-electron chi connectivity index (χ0n) is 27.4. The van der Waals surface area contributed by atoms with E-state index in [1.165, 1.54) is 18.4 Å².